The molecule has 1 aliphatic heterocycles. The van der Waals surface area contributed by atoms with E-state index < -0.39 is 11.9 Å². The molecule has 0 atom stereocenters. The highest BCUT2D eigenvalue weighted by atomic mass is 19.4. The monoisotopic (exact) mass is 339 g/mol. The van der Waals surface area contributed by atoms with Crippen molar-refractivity contribution in [3.63, 3.8) is 0 Å². The fourth-order valence-electron chi connectivity index (χ4n) is 2.92. The highest BCUT2D eigenvalue weighted by Crippen LogP contribution is 2.33. The Balaban J connectivity index is 2.06. The van der Waals surface area contributed by atoms with Gasteiger partial charge in [-0.2, -0.15) is 18.3 Å². The maximum absolute atomic E-state index is 13.3. The Bertz CT molecular complexity index is 730. The van der Waals surface area contributed by atoms with E-state index in [4.69, 9.17) is 0 Å². The number of hydrogen-bond acceptors (Lipinski definition) is 4. The van der Waals surface area contributed by atoms with Gasteiger partial charge in [-0.25, -0.2) is 9.97 Å². The van der Waals surface area contributed by atoms with Gasteiger partial charge >= 0.3 is 6.18 Å². The molecule has 0 amide bonds. The highest BCUT2D eigenvalue weighted by molar-refractivity contribution is 5.63. The van der Waals surface area contributed by atoms with Gasteiger partial charge in [0.25, 0.3) is 0 Å². The molecule has 0 saturated carbocycles. The lowest BCUT2D eigenvalue weighted by Gasteiger charge is -2.30. The summed E-state index contributed by atoms with van der Waals surface area (Å²) >= 11 is 0. The minimum Gasteiger partial charge on any atom is -0.341 e. The molecule has 0 radical (unpaired) electrons. The van der Waals surface area contributed by atoms with E-state index >= 15 is 0 Å². The molecule has 1 saturated heterocycles. The second kappa shape index (κ2) is 6.07. The van der Waals surface area contributed by atoms with Crippen molar-refractivity contribution in [1.29, 1.82) is 0 Å². The van der Waals surface area contributed by atoms with Crippen LogP contribution in [0.5, 0.6) is 0 Å². The predicted molar refractivity (Wildman–Crippen MR) is 84.6 cm³/mol. The third-order valence-electron chi connectivity index (χ3n) is 4.36. The van der Waals surface area contributed by atoms with Crippen molar-refractivity contribution in [3.8, 4) is 11.3 Å². The molecule has 0 aromatic carbocycles. The maximum atomic E-state index is 13.3. The van der Waals surface area contributed by atoms with Crippen LogP contribution in [0.15, 0.2) is 12.3 Å². The first-order valence-electron chi connectivity index (χ1n) is 7.96. The van der Waals surface area contributed by atoms with E-state index in [0.717, 1.165) is 18.9 Å². The Morgan fingerprint density at radius 2 is 1.83 bits per heavy atom. The fourth-order valence-corrected chi connectivity index (χ4v) is 2.92. The van der Waals surface area contributed by atoms with Crippen molar-refractivity contribution in [1.82, 2.24) is 19.7 Å². The van der Waals surface area contributed by atoms with Gasteiger partial charge in [0.1, 0.15) is 0 Å². The largest absolute Gasteiger partial charge is 0.433 e. The molecule has 0 spiro atoms. The van der Waals surface area contributed by atoms with E-state index in [1.165, 1.54) is 0 Å². The summed E-state index contributed by atoms with van der Waals surface area (Å²) in [6.45, 7) is 5.25. The molecule has 8 heteroatoms. The average Bonchev–Trinajstić information content (AvgIpc) is 2.85. The Morgan fingerprint density at radius 3 is 2.38 bits per heavy atom. The molecule has 3 heterocycles. The summed E-state index contributed by atoms with van der Waals surface area (Å²) in [6, 6.07) is 1.00. The van der Waals surface area contributed by atoms with Gasteiger partial charge in [0.2, 0.25) is 5.95 Å². The molecule has 5 nitrogen and oxygen atoms in total. The number of nitrogens with zero attached hydrogens (tertiary/aromatic N) is 5. The van der Waals surface area contributed by atoms with E-state index in [-0.39, 0.29) is 11.6 Å². The molecular formula is C16H20F3N5. The second-order valence-corrected chi connectivity index (χ2v) is 6.41. The summed E-state index contributed by atoms with van der Waals surface area (Å²) in [5, 5.41) is 4.19. The summed E-state index contributed by atoms with van der Waals surface area (Å²) in [5.41, 5.74) is 0.584. The number of aromatic nitrogens is 4. The molecule has 0 bridgehead atoms. The van der Waals surface area contributed by atoms with Crippen molar-refractivity contribution in [2.75, 3.05) is 18.0 Å². The molecule has 24 heavy (non-hydrogen) atoms. The first-order valence-corrected chi connectivity index (χ1v) is 7.96. The zero-order valence-electron chi connectivity index (χ0n) is 13.9. The van der Waals surface area contributed by atoms with Gasteiger partial charge in [0, 0.05) is 31.9 Å². The molecule has 2 aromatic heterocycles. The number of hydrogen-bond donors (Lipinski definition) is 0. The summed E-state index contributed by atoms with van der Waals surface area (Å²) in [4.78, 5) is 10.0. The zero-order chi connectivity index (χ0) is 17.5. The molecule has 1 aliphatic rings. The number of piperidine rings is 1. The first-order chi connectivity index (χ1) is 11.2. The van der Waals surface area contributed by atoms with Gasteiger partial charge in [0.15, 0.2) is 5.69 Å². The van der Waals surface area contributed by atoms with Crippen LogP contribution < -0.4 is 4.90 Å². The fraction of sp³-hybridized carbons (Fsp3) is 0.562. The van der Waals surface area contributed by atoms with Gasteiger partial charge in [0.05, 0.1) is 11.4 Å². The van der Waals surface area contributed by atoms with Crippen molar-refractivity contribution in [3.05, 3.63) is 23.7 Å². The van der Waals surface area contributed by atoms with E-state index in [1.54, 1.807) is 24.9 Å². The van der Waals surface area contributed by atoms with Crippen LogP contribution in [0, 0.1) is 12.8 Å². The smallest absolute Gasteiger partial charge is 0.341 e. The average molecular weight is 339 g/mol. The molecule has 0 aliphatic carbocycles. The Hall–Kier alpha value is -2.12. The van der Waals surface area contributed by atoms with E-state index in [9.17, 15) is 13.2 Å². The van der Waals surface area contributed by atoms with Gasteiger partial charge in [-0.05, 0) is 31.7 Å². The summed E-state index contributed by atoms with van der Waals surface area (Å²) < 4.78 is 41.4. The molecule has 130 valence electrons. The Morgan fingerprint density at radius 1 is 1.17 bits per heavy atom. The van der Waals surface area contributed by atoms with Crippen LogP contribution in [-0.2, 0) is 13.2 Å². The lowest BCUT2D eigenvalue weighted by atomic mass is 10.00. The third kappa shape index (κ3) is 3.37. The van der Waals surface area contributed by atoms with Crippen molar-refractivity contribution >= 4 is 5.95 Å². The maximum Gasteiger partial charge on any atom is 0.433 e. The van der Waals surface area contributed by atoms with Crippen LogP contribution in [0.4, 0.5) is 19.1 Å². The molecule has 0 unspecified atom stereocenters. The van der Waals surface area contributed by atoms with Gasteiger partial charge < -0.3 is 4.90 Å². The van der Waals surface area contributed by atoms with E-state index in [2.05, 4.69) is 22.0 Å². The number of alkyl halides is 3. The van der Waals surface area contributed by atoms with Crippen LogP contribution in [0.3, 0.4) is 0 Å². The van der Waals surface area contributed by atoms with Crippen LogP contribution in [0.25, 0.3) is 11.3 Å². The number of aryl methyl sites for hydroxylation is 2. The number of rotatable bonds is 2. The van der Waals surface area contributed by atoms with Crippen LogP contribution in [0.1, 0.15) is 31.2 Å². The summed E-state index contributed by atoms with van der Waals surface area (Å²) in [7, 11) is 1.73. The SMILES string of the molecule is Cc1nn(C)cc1-c1cc(C(F)(F)F)nc(N2CCC(C)CC2)n1. The predicted octanol–water partition coefficient (Wildman–Crippen LogP) is 3.44. The van der Waals surface area contributed by atoms with Gasteiger partial charge in [-0.15, -0.1) is 0 Å². The molecule has 2 aromatic rings. The lowest BCUT2D eigenvalue weighted by molar-refractivity contribution is -0.141. The standard InChI is InChI=1S/C16H20F3N5/c1-10-4-6-24(7-5-10)15-20-13(8-14(21-15)16(17,18)19)12-9-23(3)22-11(12)2/h8-10H,4-7H2,1-3H3. The van der Waals surface area contributed by atoms with E-state index in [0.29, 0.717) is 30.3 Å². The Labute approximate surface area is 138 Å². The minimum absolute atomic E-state index is 0.148. The van der Waals surface area contributed by atoms with Crippen LogP contribution in [-0.4, -0.2) is 32.8 Å². The van der Waals surface area contributed by atoms with Crippen LogP contribution in [0.2, 0.25) is 0 Å². The van der Waals surface area contributed by atoms with Crippen molar-refractivity contribution in [2.24, 2.45) is 13.0 Å². The van der Waals surface area contributed by atoms with Crippen LogP contribution >= 0.6 is 0 Å². The number of halogens is 3. The molecule has 0 N–H and O–H groups in total. The Kier molecular flexibility index (Phi) is 4.23. The topological polar surface area (TPSA) is 46.8 Å². The zero-order valence-corrected chi connectivity index (χ0v) is 13.9. The normalized spacial score (nSPS) is 16.7. The third-order valence-corrected chi connectivity index (χ3v) is 4.36. The highest BCUT2D eigenvalue weighted by Gasteiger charge is 2.35. The van der Waals surface area contributed by atoms with Gasteiger partial charge in [-0.1, -0.05) is 6.92 Å². The van der Waals surface area contributed by atoms with Crippen molar-refractivity contribution in [2.45, 2.75) is 32.9 Å². The quantitative estimate of drug-likeness (QED) is 0.841. The second-order valence-electron chi connectivity index (χ2n) is 6.41. The van der Waals surface area contributed by atoms with Gasteiger partial charge in [-0.3, -0.25) is 4.68 Å². The lowest BCUT2D eigenvalue weighted by Crippen LogP contribution is -2.34. The van der Waals surface area contributed by atoms with Crippen molar-refractivity contribution < 1.29 is 13.2 Å². The number of anilines is 1. The summed E-state index contributed by atoms with van der Waals surface area (Å²) in [5.74, 6) is 0.724. The molecular weight excluding hydrogens is 319 g/mol. The minimum atomic E-state index is -4.51. The molecule has 1 fully saturated rings. The first kappa shape index (κ1) is 16.7. The molecule has 3 rings (SSSR count). The van der Waals surface area contributed by atoms with E-state index in [1.807, 2.05) is 4.90 Å². The summed E-state index contributed by atoms with van der Waals surface area (Å²) in [6.07, 6.45) is -0.965.